The summed E-state index contributed by atoms with van der Waals surface area (Å²) in [6.45, 7) is 4.29. The maximum absolute atomic E-state index is 13.9. The molecule has 0 spiro atoms. The van der Waals surface area contributed by atoms with Crippen LogP contribution in [0.5, 0.6) is 0 Å². The van der Waals surface area contributed by atoms with Crippen LogP contribution in [0.15, 0.2) is 24.3 Å². The summed E-state index contributed by atoms with van der Waals surface area (Å²) in [6.07, 6.45) is 7.20. The van der Waals surface area contributed by atoms with Crippen LogP contribution in [0.4, 0.5) is 22.2 Å². The fraction of sp³-hybridized carbons (Fsp3) is 0.550. The van der Waals surface area contributed by atoms with Gasteiger partial charge < -0.3 is 15.1 Å². The van der Waals surface area contributed by atoms with Crippen LogP contribution in [0.2, 0.25) is 0 Å². The van der Waals surface area contributed by atoms with E-state index in [1.165, 1.54) is 44.6 Å². The number of nitrogens with one attached hydrogen (secondary N) is 1. The zero-order chi connectivity index (χ0) is 18.5. The van der Waals surface area contributed by atoms with Crippen molar-refractivity contribution in [2.45, 2.75) is 45.1 Å². The first-order chi connectivity index (χ1) is 13.3. The third-order valence-corrected chi connectivity index (χ3v) is 5.28. The van der Waals surface area contributed by atoms with E-state index in [2.05, 4.69) is 25.1 Å². The van der Waals surface area contributed by atoms with Crippen molar-refractivity contribution < 1.29 is 4.39 Å². The molecule has 1 aromatic carbocycles. The Kier molecular flexibility index (Phi) is 5.65. The fourth-order valence-corrected chi connectivity index (χ4v) is 3.72. The van der Waals surface area contributed by atoms with Crippen LogP contribution in [-0.4, -0.2) is 41.1 Å². The van der Waals surface area contributed by atoms with Gasteiger partial charge in [-0.25, -0.2) is 4.39 Å². The number of aromatic nitrogens is 3. The minimum absolute atomic E-state index is 0.216. The van der Waals surface area contributed by atoms with Gasteiger partial charge in [0.05, 0.1) is 0 Å². The lowest BCUT2D eigenvalue weighted by Crippen LogP contribution is -2.34. The van der Waals surface area contributed by atoms with E-state index >= 15 is 0 Å². The molecule has 4 rings (SSSR count). The molecule has 0 atom stereocenters. The summed E-state index contributed by atoms with van der Waals surface area (Å²) in [5.41, 5.74) is 0.608. The SMILES string of the molecule is Fc1ccccc1CNc1nc(N2CCCCC2)nc(N2CCCCC2)n1. The molecule has 3 heterocycles. The van der Waals surface area contributed by atoms with E-state index in [1.807, 2.05) is 6.07 Å². The number of benzene rings is 1. The normalized spacial score (nSPS) is 17.8. The van der Waals surface area contributed by atoms with E-state index < -0.39 is 0 Å². The molecule has 27 heavy (non-hydrogen) atoms. The van der Waals surface area contributed by atoms with E-state index in [-0.39, 0.29) is 5.82 Å². The first-order valence-corrected chi connectivity index (χ1v) is 10.0. The summed E-state index contributed by atoms with van der Waals surface area (Å²) >= 11 is 0. The van der Waals surface area contributed by atoms with Crippen molar-refractivity contribution in [3.8, 4) is 0 Å². The predicted octanol–water partition coefficient (Wildman–Crippen LogP) is 3.60. The number of anilines is 3. The number of piperidine rings is 2. The maximum Gasteiger partial charge on any atom is 0.231 e. The third-order valence-electron chi connectivity index (χ3n) is 5.28. The highest BCUT2D eigenvalue weighted by Crippen LogP contribution is 2.22. The molecular weight excluding hydrogens is 343 g/mol. The average Bonchev–Trinajstić information content (AvgIpc) is 2.74. The minimum atomic E-state index is -0.216. The number of halogens is 1. The zero-order valence-electron chi connectivity index (χ0n) is 15.7. The number of hydrogen-bond acceptors (Lipinski definition) is 6. The highest BCUT2D eigenvalue weighted by Gasteiger charge is 2.20. The van der Waals surface area contributed by atoms with Crippen molar-refractivity contribution in [1.82, 2.24) is 15.0 Å². The molecule has 1 aromatic heterocycles. The molecule has 144 valence electrons. The Balaban J connectivity index is 1.57. The van der Waals surface area contributed by atoms with Crippen molar-refractivity contribution in [2.75, 3.05) is 41.3 Å². The van der Waals surface area contributed by atoms with Gasteiger partial charge in [-0.05, 0) is 44.6 Å². The lowest BCUT2D eigenvalue weighted by atomic mass is 10.1. The second-order valence-electron chi connectivity index (χ2n) is 7.30. The maximum atomic E-state index is 13.9. The Labute approximate surface area is 159 Å². The molecule has 6 nitrogen and oxygen atoms in total. The molecule has 0 radical (unpaired) electrons. The Morgan fingerprint density at radius 1 is 0.778 bits per heavy atom. The van der Waals surface area contributed by atoms with Crippen molar-refractivity contribution in [2.24, 2.45) is 0 Å². The molecule has 0 amide bonds. The predicted molar refractivity (Wildman–Crippen MR) is 106 cm³/mol. The molecule has 2 saturated heterocycles. The lowest BCUT2D eigenvalue weighted by Gasteiger charge is -2.30. The molecule has 0 aliphatic carbocycles. The molecule has 2 aliphatic heterocycles. The molecule has 0 unspecified atom stereocenters. The van der Waals surface area contributed by atoms with Gasteiger partial charge in [-0.2, -0.15) is 15.0 Å². The van der Waals surface area contributed by atoms with E-state index in [1.54, 1.807) is 12.1 Å². The van der Waals surface area contributed by atoms with Crippen molar-refractivity contribution in [1.29, 1.82) is 0 Å². The summed E-state index contributed by atoms with van der Waals surface area (Å²) in [6, 6.07) is 6.79. The molecule has 0 saturated carbocycles. The van der Waals surface area contributed by atoms with E-state index in [4.69, 9.17) is 4.98 Å². The second kappa shape index (κ2) is 8.50. The third kappa shape index (κ3) is 4.46. The van der Waals surface area contributed by atoms with Crippen LogP contribution in [0, 0.1) is 5.82 Å². The second-order valence-corrected chi connectivity index (χ2v) is 7.30. The molecule has 7 heteroatoms. The number of nitrogens with zero attached hydrogens (tertiary/aromatic N) is 5. The van der Waals surface area contributed by atoms with Gasteiger partial charge in [0.1, 0.15) is 5.82 Å². The van der Waals surface area contributed by atoms with Gasteiger partial charge in [0.2, 0.25) is 17.8 Å². The number of rotatable bonds is 5. The Hall–Kier alpha value is -2.44. The lowest BCUT2D eigenvalue weighted by molar-refractivity contribution is 0.556. The van der Waals surface area contributed by atoms with Crippen molar-refractivity contribution in [3.05, 3.63) is 35.6 Å². The Bertz CT molecular complexity index is 720. The highest BCUT2D eigenvalue weighted by atomic mass is 19.1. The van der Waals surface area contributed by atoms with Gasteiger partial charge >= 0.3 is 0 Å². The molecule has 2 aliphatic rings. The van der Waals surface area contributed by atoms with Crippen LogP contribution in [0.25, 0.3) is 0 Å². The Morgan fingerprint density at radius 3 is 1.89 bits per heavy atom. The van der Waals surface area contributed by atoms with Gasteiger partial charge in [-0.1, -0.05) is 18.2 Å². The molecule has 1 N–H and O–H groups in total. The summed E-state index contributed by atoms with van der Waals surface area (Å²) in [7, 11) is 0. The van der Waals surface area contributed by atoms with Crippen molar-refractivity contribution in [3.63, 3.8) is 0 Å². The summed E-state index contributed by atoms with van der Waals surface area (Å²) in [5.74, 6) is 1.78. The van der Waals surface area contributed by atoms with E-state index in [0.29, 0.717) is 18.1 Å². The van der Waals surface area contributed by atoms with Gasteiger partial charge in [-0.15, -0.1) is 0 Å². The average molecular weight is 370 g/mol. The van der Waals surface area contributed by atoms with Crippen LogP contribution in [-0.2, 0) is 6.54 Å². The molecule has 2 aromatic rings. The molecular formula is C20H27FN6. The standard InChI is InChI=1S/C20H27FN6/c21-17-10-4-3-9-16(17)15-22-18-23-19(26-11-5-1-6-12-26)25-20(24-18)27-13-7-2-8-14-27/h3-4,9-10H,1-2,5-8,11-15H2,(H,22,23,24,25). The van der Waals surface area contributed by atoms with Gasteiger partial charge in [0, 0.05) is 38.3 Å². The monoisotopic (exact) mass is 370 g/mol. The highest BCUT2D eigenvalue weighted by molar-refractivity contribution is 5.46. The van der Waals surface area contributed by atoms with Crippen LogP contribution >= 0.6 is 0 Å². The van der Waals surface area contributed by atoms with Gasteiger partial charge in [-0.3, -0.25) is 0 Å². The van der Waals surface area contributed by atoms with E-state index in [0.717, 1.165) is 38.1 Å². The Morgan fingerprint density at radius 2 is 1.33 bits per heavy atom. The van der Waals surface area contributed by atoms with Crippen LogP contribution in [0.3, 0.4) is 0 Å². The summed E-state index contributed by atoms with van der Waals surface area (Å²) < 4.78 is 13.9. The van der Waals surface area contributed by atoms with E-state index in [9.17, 15) is 4.39 Å². The quantitative estimate of drug-likeness (QED) is 0.868. The summed E-state index contributed by atoms with van der Waals surface area (Å²) in [5, 5.41) is 3.21. The summed E-state index contributed by atoms with van der Waals surface area (Å²) in [4.78, 5) is 18.5. The van der Waals surface area contributed by atoms with Gasteiger partial charge in [0.15, 0.2) is 0 Å². The smallest absolute Gasteiger partial charge is 0.231 e. The zero-order valence-corrected chi connectivity index (χ0v) is 15.7. The van der Waals surface area contributed by atoms with Crippen LogP contribution in [0.1, 0.15) is 44.1 Å². The van der Waals surface area contributed by atoms with Gasteiger partial charge in [0.25, 0.3) is 0 Å². The largest absolute Gasteiger partial charge is 0.350 e. The molecule has 2 fully saturated rings. The molecule has 0 bridgehead atoms. The first-order valence-electron chi connectivity index (χ1n) is 10.0. The first kappa shape index (κ1) is 17.9. The topological polar surface area (TPSA) is 57.2 Å². The van der Waals surface area contributed by atoms with Crippen molar-refractivity contribution >= 4 is 17.8 Å². The minimum Gasteiger partial charge on any atom is -0.350 e. The fourth-order valence-electron chi connectivity index (χ4n) is 3.72. The number of hydrogen-bond donors (Lipinski definition) is 1. The van der Waals surface area contributed by atoms with Crippen LogP contribution < -0.4 is 15.1 Å².